The van der Waals surface area contributed by atoms with Gasteiger partial charge in [0.1, 0.15) is 4.90 Å². The molecule has 0 saturated carbocycles. The van der Waals surface area contributed by atoms with E-state index in [1.807, 2.05) is 0 Å². The molecule has 1 fully saturated rings. The van der Waals surface area contributed by atoms with E-state index in [1.165, 1.54) is 12.1 Å². The highest BCUT2D eigenvalue weighted by Gasteiger charge is 2.37. The predicted molar refractivity (Wildman–Crippen MR) is 83.3 cm³/mol. The Bertz CT molecular complexity index is 636. The van der Waals surface area contributed by atoms with Gasteiger partial charge in [-0.2, -0.15) is 0 Å². The summed E-state index contributed by atoms with van der Waals surface area (Å²) in [5.41, 5.74) is -0.670. The van der Waals surface area contributed by atoms with Crippen LogP contribution in [0.15, 0.2) is 17.0 Å². The van der Waals surface area contributed by atoms with Crippen LogP contribution >= 0.6 is 39.1 Å². The van der Waals surface area contributed by atoms with E-state index in [-0.39, 0.29) is 9.92 Å². The van der Waals surface area contributed by atoms with Crippen LogP contribution in [0.2, 0.25) is 10.0 Å². The van der Waals surface area contributed by atoms with Crippen molar-refractivity contribution in [1.29, 1.82) is 0 Å². The quantitative estimate of drug-likeness (QED) is 0.600. The van der Waals surface area contributed by atoms with Crippen molar-refractivity contribution in [3.8, 4) is 0 Å². The van der Waals surface area contributed by atoms with E-state index in [2.05, 4.69) is 20.7 Å². The molecule has 0 unspecified atom stereocenters. The molecule has 2 rings (SSSR count). The number of sulfonamides is 1. The average Bonchev–Trinajstić information content (AvgIpc) is 2.45. The SMILES string of the molecule is O=S(=O)(NC1(CBr)CCOCC1)c1ccc(Cl)c(F)c1Cl. The van der Waals surface area contributed by atoms with Crippen LogP contribution in [0.5, 0.6) is 0 Å². The molecule has 0 aliphatic carbocycles. The molecule has 1 saturated heterocycles. The van der Waals surface area contributed by atoms with E-state index in [1.54, 1.807) is 0 Å². The molecule has 0 amide bonds. The number of halogens is 4. The summed E-state index contributed by atoms with van der Waals surface area (Å²) < 4.78 is 46.5. The van der Waals surface area contributed by atoms with Crippen molar-refractivity contribution in [2.24, 2.45) is 0 Å². The van der Waals surface area contributed by atoms with Crippen LogP contribution in [0.1, 0.15) is 12.8 Å². The van der Waals surface area contributed by atoms with Crippen LogP contribution in [0.4, 0.5) is 4.39 Å². The molecule has 1 heterocycles. The minimum absolute atomic E-state index is 0.222. The fourth-order valence-electron chi connectivity index (χ4n) is 2.08. The fourth-order valence-corrected chi connectivity index (χ4v) is 5.17. The number of alkyl halides is 1. The van der Waals surface area contributed by atoms with Gasteiger partial charge in [-0.25, -0.2) is 17.5 Å². The lowest BCUT2D eigenvalue weighted by Gasteiger charge is -2.36. The van der Waals surface area contributed by atoms with Crippen LogP contribution < -0.4 is 4.72 Å². The molecule has 9 heteroatoms. The third-order valence-corrected chi connectivity index (χ3v) is 6.81. The first-order chi connectivity index (χ1) is 9.81. The highest BCUT2D eigenvalue weighted by atomic mass is 79.9. The standard InChI is InChI=1S/C12H13BrCl2FNO3S/c13-7-12(3-5-20-6-4-12)17-21(18,19)9-2-1-8(14)11(16)10(9)15/h1-2,17H,3-7H2. The number of hydrogen-bond donors (Lipinski definition) is 1. The molecule has 118 valence electrons. The van der Waals surface area contributed by atoms with E-state index < -0.39 is 26.4 Å². The lowest BCUT2D eigenvalue weighted by Crippen LogP contribution is -2.53. The molecule has 4 nitrogen and oxygen atoms in total. The van der Waals surface area contributed by atoms with Crippen molar-refractivity contribution in [3.63, 3.8) is 0 Å². The molecule has 1 aliphatic heterocycles. The number of nitrogens with one attached hydrogen (secondary N) is 1. The van der Waals surface area contributed by atoms with Gasteiger partial charge in [-0.3, -0.25) is 0 Å². The van der Waals surface area contributed by atoms with Gasteiger partial charge in [-0.15, -0.1) is 0 Å². The lowest BCUT2D eigenvalue weighted by atomic mass is 9.94. The summed E-state index contributed by atoms with van der Waals surface area (Å²) in [5.74, 6) is -0.943. The first kappa shape index (κ1) is 17.4. The Morgan fingerprint density at radius 2 is 1.95 bits per heavy atom. The predicted octanol–water partition coefficient (Wildman–Crippen LogP) is 3.35. The Labute approximate surface area is 141 Å². The number of hydrogen-bond acceptors (Lipinski definition) is 3. The minimum atomic E-state index is -3.97. The van der Waals surface area contributed by atoms with Gasteiger partial charge in [0.05, 0.1) is 10.0 Å². The van der Waals surface area contributed by atoms with Gasteiger partial charge in [0.15, 0.2) is 5.82 Å². The lowest BCUT2D eigenvalue weighted by molar-refractivity contribution is 0.0557. The smallest absolute Gasteiger partial charge is 0.242 e. The highest BCUT2D eigenvalue weighted by Crippen LogP contribution is 2.32. The maximum atomic E-state index is 13.7. The summed E-state index contributed by atoms with van der Waals surface area (Å²) in [7, 11) is -3.97. The van der Waals surface area contributed by atoms with Gasteiger partial charge in [-0.05, 0) is 25.0 Å². The first-order valence-corrected chi connectivity index (χ1v) is 9.49. The summed E-state index contributed by atoms with van der Waals surface area (Å²) in [5, 5.41) is -0.303. The monoisotopic (exact) mass is 419 g/mol. The summed E-state index contributed by atoms with van der Waals surface area (Å²) >= 11 is 14.7. The van der Waals surface area contributed by atoms with E-state index >= 15 is 0 Å². The van der Waals surface area contributed by atoms with Crippen molar-refractivity contribution >= 4 is 49.2 Å². The topological polar surface area (TPSA) is 55.4 Å². The van der Waals surface area contributed by atoms with Gasteiger partial charge in [0, 0.05) is 24.1 Å². The maximum absolute atomic E-state index is 13.7. The zero-order valence-electron chi connectivity index (χ0n) is 10.8. The van der Waals surface area contributed by atoms with Gasteiger partial charge < -0.3 is 4.74 Å². The second-order valence-electron chi connectivity index (χ2n) is 4.81. The van der Waals surface area contributed by atoms with Crippen LogP contribution in [0, 0.1) is 5.82 Å². The molecular weight excluding hydrogens is 408 g/mol. The Morgan fingerprint density at radius 1 is 1.33 bits per heavy atom. The molecule has 0 radical (unpaired) electrons. The molecule has 0 aromatic heterocycles. The van der Waals surface area contributed by atoms with E-state index in [0.717, 1.165) is 0 Å². The second kappa shape index (κ2) is 6.68. The Morgan fingerprint density at radius 3 is 2.52 bits per heavy atom. The number of benzene rings is 1. The first-order valence-electron chi connectivity index (χ1n) is 6.12. The zero-order valence-corrected chi connectivity index (χ0v) is 14.7. The zero-order chi connectivity index (χ0) is 15.7. The molecule has 0 bridgehead atoms. The van der Waals surface area contributed by atoms with Crippen molar-refractivity contribution < 1.29 is 17.5 Å². The summed E-state index contributed by atoms with van der Waals surface area (Å²) in [6.45, 7) is 0.910. The number of ether oxygens (including phenoxy) is 1. The van der Waals surface area contributed by atoms with Gasteiger partial charge >= 0.3 is 0 Å². The number of rotatable bonds is 4. The normalized spacial score (nSPS) is 18.7. The summed E-state index contributed by atoms with van der Waals surface area (Å²) in [4.78, 5) is -0.321. The molecule has 1 aromatic carbocycles. The van der Waals surface area contributed by atoms with Gasteiger partial charge in [0.2, 0.25) is 10.0 Å². The largest absolute Gasteiger partial charge is 0.381 e. The summed E-state index contributed by atoms with van der Waals surface area (Å²) in [6, 6.07) is 2.36. The van der Waals surface area contributed by atoms with Crippen LogP contribution in [0.3, 0.4) is 0 Å². The Kier molecular flexibility index (Phi) is 5.55. The van der Waals surface area contributed by atoms with Crippen molar-refractivity contribution in [2.45, 2.75) is 23.3 Å². The van der Waals surface area contributed by atoms with Crippen molar-refractivity contribution in [1.82, 2.24) is 4.72 Å². The molecule has 1 aliphatic rings. The second-order valence-corrected chi connectivity index (χ2v) is 7.80. The average molecular weight is 421 g/mol. The molecule has 0 atom stereocenters. The van der Waals surface area contributed by atoms with Crippen LogP contribution in [-0.2, 0) is 14.8 Å². The summed E-state index contributed by atoms with van der Waals surface area (Å²) in [6.07, 6.45) is 1.04. The Hall–Kier alpha value is 0.0800. The molecule has 1 N–H and O–H groups in total. The fraction of sp³-hybridized carbons (Fsp3) is 0.500. The molecule has 1 aromatic rings. The van der Waals surface area contributed by atoms with Crippen LogP contribution in [0.25, 0.3) is 0 Å². The highest BCUT2D eigenvalue weighted by molar-refractivity contribution is 9.09. The van der Waals surface area contributed by atoms with Gasteiger partial charge in [-0.1, -0.05) is 39.1 Å². The van der Waals surface area contributed by atoms with Crippen molar-refractivity contribution in [3.05, 3.63) is 28.0 Å². The molecule has 21 heavy (non-hydrogen) atoms. The van der Waals surface area contributed by atoms with Crippen molar-refractivity contribution in [2.75, 3.05) is 18.5 Å². The Balaban J connectivity index is 2.36. The van der Waals surface area contributed by atoms with E-state index in [0.29, 0.717) is 31.4 Å². The third kappa shape index (κ3) is 3.71. The minimum Gasteiger partial charge on any atom is -0.381 e. The molecular formula is C12H13BrCl2FNO3S. The molecule has 0 spiro atoms. The maximum Gasteiger partial charge on any atom is 0.242 e. The van der Waals surface area contributed by atoms with E-state index in [9.17, 15) is 12.8 Å². The van der Waals surface area contributed by atoms with Crippen LogP contribution in [-0.4, -0.2) is 32.5 Å². The third-order valence-electron chi connectivity index (χ3n) is 3.35. The van der Waals surface area contributed by atoms with E-state index in [4.69, 9.17) is 27.9 Å². The van der Waals surface area contributed by atoms with Gasteiger partial charge in [0.25, 0.3) is 0 Å².